The summed E-state index contributed by atoms with van der Waals surface area (Å²) in [6.07, 6.45) is 6.00. The Balaban J connectivity index is 1.58. The molecule has 0 spiro atoms. The highest BCUT2D eigenvalue weighted by molar-refractivity contribution is 6.33. The normalized spacial score (nSPS) is 15.1. The van der Waals surface area contributed by atoms with Crippen molar-refractivity contribution in [3.63, 3.8) is 0 Å². The lowest BCUT2D eigenvalue weighted by Gasteiger charge is -2.38. The molecule has 27 heavy (non-hydrogen) atoms. The third-order valence-electron chi connectivity index (χ3n) is 4.40. The SMILES string of the molecule is C=C(C)CN=C(NCCc1ccco1)N1CCN(c2ccncc2Cl)CC1. The van der Waals surface area contributed by atoms with E-state index in [0.717, 1.165) is 62.1 Å². The van der Waals surface area contributed by atoms with E-state index in [0.29, 0.717) is 11.6 Å². The zero-order valence-corrected chi connectivity index (χ0v) is 16.5. The maximum Gasteiger partial charge on any atom is 0.194 e. The van der Waals surface area contributed by atoms with Gasteiger partial charge in [0.05, 0.1) is 23.5 Å². The highest BCUT2D eigenvalue weighted by Crippen LogP contribution is 2.25. The van der Waals surface area contributed by atoms with Crippen LogP contribution >= 0.6 is 11.6 Å². The predicted octanol–water partition coefficient (Wildman–Crippen LogP) is 3.21. The summed E-state index contributed by atoms with van der Waals surface area (Å²) < 4.78 is 5.40. The van der Waals surface area contributed by atoms with Crippen LogP contribution < -0.4 is 10.2 Å². The first-order valence-corrected chi connectivity index (χ1v) is 9.56. The van der Waals surface area contributed by atoms with E-state index in [9.17, 15) is 0 Å². The van der Waals surface area contributed by atoms with Crippen molar-refractivity contribution in [3.8, 4) is 0 Å². The van der Waals surface area contributed by atoms with Gasteiger partial charge in [-0.05, 0) is 25.1 Å². The molecule has 144 valence electrons. The molecule has 1 N–H and O–H groups in total. The maximum atomic E-state index is 6.29. The Bertz CT molecular complexity index is 766. The second kappa shape index (κ2) is 9.46. The highest BCUT2D eigenvalue weighted by Gasteiger charge is 2.21. The van der Waals surface area contributed by atoms with Crippen LogP contribution in [0.1, 0.15) is 12.7 Å². The number of aromatic nitrogens is 1. The molecule has 0 amide bonds. The summed E-state index contributed by atoms with van der Waals surface area (Å²) in [4.78, 5) is 13.4. The summed E-state index contributed by atoms with van der Waals surface area (Å²) >= 11 is 6.29. The van der Waals surface area contributed by atoms with Gasteiger partial charge in [0.2, 0.25) is 0 Å². The third-order valence-corrected chi connectivity index (χ3v) is 4.70. The molecule has 2 aromatic rings. The summed E-state index contributed by atoms with van der Waals surface area (Å²) in [5, 5.41) is 4.16. The van der Waals surface area contributed by atoms with Crippen LogP contribution in [0, 0.1) is 0 Å². The second-order valence-electron chi connectivity index (χ2n) is 6.65. The van der Waals surface area contributed by atoms with Crippen LogP contribution in [0.15, 0.2) is 58.4 Å². The van der Waals surface area contributed by atoms with Gasteiger partial charge in [0, 0.05) is 51.5 Å². The molecule has 3 heterocycles. The first-order valence-electron chi connectivity index (χ1n) is 9.18. The molecule has 0 aliphatic carbocycles. The van der Waals surface area contributed by atoms with Gasteiger partial charge in [0.25, 0.3) is 0 Å². The molecular weight excluding hydrogens is 362 g/mol. The molecular formula is C20H26ClN5O. The van der Waals surface area contributed by atoms with E-state index in [1.807, 2.05) is 25.1 Å². The number of aliphatic imine (C=N–C) groups is 1. The minimum absolute atomic E-state index is 0.624. The number of furan rings is 1. The Labute approximate surface area is 165 Å². The van der Waals surface area contributed by atoms with Gasteiger partial charge in [-0.1, -0.05) is 23.8 Å². The lowest BCUT2D eigenvalue weighted by molar-refractivity contribution is 0.371. The van der Waals surface area contributed by atoms with E-state index < -0.39 is 0 Å². The zero-order chi connectivity index (χ0) is 19.1. The first-order chi connectivity index (χ1) is 13.1. The molecule has 1 saturated heterocycles. The molecule has 1 aliphatic rings. The minimum atomic E-state index is 0.624. The average Bonchev–Trinajstić information content (AvgIpc) is 3.18. The number of pyridine rings is 1. The van der Waals surface area contributed by atoms with Gasteiger partial charge in [-0.15, -0.1) is 0 Å². The number of guanidine groups is 1. The minimum Gasteiger partial charge on any atom is -0.469 e. The molecule has 0 unspecified atom stereocenters. The Morgan fingerprint density at radius 2 is 2.15 bits per heavy atom. The lowest BCUT2D eigenvalue weighted by Crippen LogP contribution is -2.53. The number of hydrogen-bond donors (Lipinski definition) is 1. The van der Waals surface area contributed by atoms with E-state index in [-0.39, 0.29) is 0 Å². The van der Waals surface area contributed by atoms with Crippen LogP contribution in [0.5, 0.6) is 0 Å². The van der Waals surface area contributed by atoms with E-state index in [4.69, 9.17) is 21.0 Å². The fraction of sp³-hybridized carbons (Fsp3) is 0.400. The van der Waals surface area contributed by atoms with Crippen LogP contribution in [0.4, 0.5) is 5.69 Å². The number of anilines is 1. The monoisotopic (exact) mass is 387 g/mol. The summed E-state index contributed by atoms with van der Waals surface area (Å²) in [5.41, 5.74) is 2.08. The fourth-order valence-electron chi connectivity index (χ4n) is 3.01. The Kier molecular flexibility index (Phi) is 6.76. The van der Waals surface area contributed by atoms with Crippen molar-refractivity contribution < 1.29 is 4.42 Å². The molecule has 2 aromatic heterocycles. The Morgan fingerprint density at radius 1 is 1.33 bits per heavy atom. The van der Waals surface area contributed by atoms with Gasteiger partial charge in [0.1, 0.15) is 5.76 Å². The largest absolute Gasteiger partial charge is 0.469 e. The highest BCUT2D eigenvalue weighted by atomic mass is 35.5. The molecule has 0 aromatic carbocycles. The number of hydrogen-bond acceptors (Lipinski definition) is 4. The smallest absolute Gasteiger partial charge is 0.194 e. The standard InChI is InChI=1S/C20H26ClN5O/c1-16(2)14-24-20(23-8-5-17-4-3-13-27-17)26-11-9-25(10-12-26)19-6-7-22-15-18(19)21/h3-4,6-7,13,15H,1,5,8-12,14H2,2H3,(H,23,24). The van der Waals surface area contributed by atoms with Crippen molar-refractivity contribution in [1.82, 2.24) is 15.2 Å². The molecule has 1 aliphatic heterocycles. The maximum absolute atomic E-state index is 6.29. The quantitative estimate of drug-likeness (QED) is 0.468. The Morgan fingerprint density at radius 3 is 2.81 bits per heavy atom. The number of nitrogens with zero attached hydrogens (tertiary/aromatic N) is 4. The number of rotatable bonds is 6. The van der Waals surface area contributed by atoms with E-state index in [1.54, 1.807) is 18.7 Å². The van der Waals surface area contributed by atoms with Crippen LogP contribution in [-0.4, -0.2) is 55.1 Å². The predicted molar refractivity (Wildman–Crippen MR) is 111 cm³/mol. The topological polar surface area (TPSA) is 56.9 Å². The summed E-state index contributed by atoms with van der Waals surface area (Å²) in [5.74, 6) is 1.89. The van der Waals surface area contributed by atoms with Crippen LogP contribution in [0.2, 0.25) is 5.02 Å². The Hall–Kier alpha value is -2.47. The van der Waals surface area contributed by atoms with E-state index in [1.165, 1.54) is 0 Å². The van der Waals surface area contributed by atoms with Gasteiger partial charge < -0.3 is 19.5 Å². The van der Waals surface area contributed by atoms with Crippen molar-refractivity contribution >= 4 is 23.2 Å². The molecule has 0 bridgehead atoms. The molecule has 1 fully saturated rings. The molecule has 0 radical (unpaired) electrons. The zero-order valence-electron chi connectivity index (χ0n) is 15.7. The van der Waals surface area contributed by atoms with Gasteiger partial charge in [-0.2, -0.15) is 0 Å². The number of piperazine rings is 1. The van der Waals surface area contributed by atoms with Crippen molar-refractivity contribution in [2.24, 2.45) is 4.99 Å². The van der Waals surface area contributed by atoms with Crippen molar-refractivity contribution in [1.29, 1.82) is 0 Å². The first kappa shape index (κ1) is 19.3. The summed E-state index contributed by atoms with van der Waals surface area (Å²) in [7, 11) is 0. The van der Waals surface area contributed by atoms with Crippen molar-refractivity contribution in [3.05, 3.63) is 59.8 Å². The van der Waals surface area contributed by atoms with Gasteiger partial charge in [0.15, 0.2) is 5.96 Å². The molecule has 6 nitrogen and oxygen atoms in total. The summed E-state index contributed by atoms with van der Waals surface area (Å²) in [6, 6.07) is 5.87. The van der Waals surface area contributed by atoms with E-state index in [2.05, 4.69) is 26.7 Å². The van der Waals surface area contributed by atoms with Crippen LogP contribution in [0.3, 0.4) is 0 Å². The van der Waals surface area contributed by atoms with Gasteiger partial charge in [-0.3, -0.25) is 4.98 Å². The molecule has 0 saturated carbocycles. The molecule has 0 atom stereocenters. The van der Waals surface area contributed by atoms with Crippen LogP contribution in [0.25, 0.3) is 0 Å². The molecule has 7 heteroatoms. The summed E-state index contributed by atoms with van der Waals surface area (Å²) in [6.45, 7) is 10.9. The fourth-order valence-corrected chi connectivity index (χ4v) is 3.25. The molecule has 3 rings (SSSR count). The second-order valence-corrected chi connectivity index (χ2v) is 7.06. The number of nitrogens with one attached hydrogen (secondary N) is 1. The van der Waals surface area contributed by atoms with E-state index >= 15 is 0 Å². The van der Waals surface area contributed by atoms with Crippen LogP contribution in [-0.2, 0) is 6.42 Å². The van der Waals surface area contributed by atoms with Crippen molar-refractivity contribution in [2.75, 3.05) is 44.2 Å². The third kappa shape index (κ3) is 5.50. The average molecular weight is 388 g/mol. The van der Waals surface area contributed by atoms with Gasteiger partial charge in [-0.25, -0.2) is 4.99 Å². The number of halogens is 1. The van der Waals surface area contributed by atoms with Gasteiger partial charge >= 0.3 is 0 Å². The van der Waals surface area contributed by atoms with Crippen molar-refractivity contribution in [2.45, 2.75) is 13.3 Å². The lowest BCUT2D eigenvalue weighted by atomic mass is 10.2.